The summed E-state index contributed by atoms with van der Waals surface area (Å²) < 4.78 is 0. The molecule has 1 aromatic carbocycles. The maximum absolute atomic E-state index is 3.29. The molecule has 0 aliphatic heterocycles. The van der Waals surface area contributed by atoms with Crippen molar-refractivity contribution in [3.63, 3.8) is 0 Å². The number of aryl methyl sites for hydroxylation is 1. The van der Waals surface area contributed by atoms with E-state index in [-0.39, 0.29) is 0 Å². The Bertz CT molecular complexity index is 357. The summed E-state index contributed by atoms with van der Waals surface area (Å²) in [5.74, 6) is 7.22. The Balaban J connectivity index is 1.94. The summed E-state index contributed by atoms with van der Waals surface area (Å²) >= 11 is 0. The van der Waals surface area contributed by atoms with Gasteiger partial charge >= 0.3 is 0 Å². The van der Waals surface area contributed by atoms with Crippen LogP contribution in [0.5, 0.6) is 0 Å². The summed E-state index contributed by atoms with van der Waals surface area (Å²) in [6.07, 6.45) is 6.37. The third-order valence-corrected chi connectivity index (χ3v) is 2.77. The lowest BCUT2D eigenvalue weighted by Gasteiger charge is -1.99. The van der Waals surface area contributed by atoms with E-state index in [1.54, 1.807) is 0 Å². The van der Waals surface area contributed by atoms with Crippen LogP contribution in [0.2, 0.25) is 0 Å². The fourth-order valence-electron chi connectivity index (χ4n) is 1.55. The van der Waals surface area contributed by atoms with Crippen LogP contribution in [0.4, 0.5) is 0 Å². The first-order valence-electron chi connectivity index (χ1n) is 5.99. The molecule has 0 heterocycles. The predicted octanol–water partition coefficient (Wildman–Crippen LogP) is 3.79. The largest absolute Gasteiger partial charge is 0.0945 e. The standard InChI is InChI=1S/C15H18/c1-2-3-4-13-5-7-14(8-6-13)9-10-15-11-12-15/h5-8,15H,2-4,11-12H2,1H3. The molecule has 0 aromatic heterocycles. The topological polar surface area (TPSA) is 0 Å². The molecule has 0 heteroatoms. The van der Waals surface area contributed by atoms with Crippen LogP contribution in [-0.4, -0.2) is 0 Å². The van der Waals surface area contributed by atoms with Crippen LogP contribution < -0.4 is 0 Å². The van der Waals surface area contributed by atoms with Crippen molar-refractivity contribution >= 4 is 0 Å². The number of unbranched alkanes of at least 4 members (excludes halogenated alkanes) is 1. The minimum absolute atomic E-state index is 0.699. The molecule has 1 aromatic rings. The zero-order valence-electron chi connectivity index (χ0n) is 9.42. The van der Waals surface area contributed by atoms with Gasteiger partial charge in [0, 0.05) is 11.5 Å². The number of hydrogen-bond donors (Lipinski definition) is 0. The van der Waals surface area contributed by atoms with Crippen molar-refractivity contribution in [3.8, 4) is 11.8 Å². The Kier molecular flexibility index (Phi) is 3.45. The molecule has 0 unspecified atom stereocenters. The molecule has 0 atom stereocenters. The van der Waals surface area contributed by atoms with Crippen molar-refractivity contribution in [2.45, 2.75) is 39.0 Å². The summed E-state index contributed by atoms with van der Waals surface area (Å²) in [4.78, 5) is 0. The molecular weight excluding hydrogens is 180 g/mol. The van der Waals surface area contributed by atoms with Gasteiger partial charge in [-0.05, 0) is 43.4 Å². The quantitative estimate of drug-likeness (QED) is 0.648. The lowest BCUT2D eigenvalue weighted by atomic mass is 10.1. The molecule has 0 spiro atoms. The van der Waals surface area contributed by atoms with Crippen LogP contribution in [0.1, 0.15) is 43.7 Å². The van der Waals surface area contributed by atoms with Crippen molar-refractivity contribution in [2.24, 2.45) is 5.92 Å². The minimum Gasteiger partial charge on any atom is -0.0945 e. The highest BCUT2D eigenvalue weighted by Crippen LogP contribution is 2.27. The fourth-order valence-corrected chi connectivity index (χ4v) is 1.55. The van der Waals surface area contributed by atoms with Gasteiger partial charge in [0.2, 0.25) is 0 Å². The van der Waals surface area contributed by atoms with Crippen LogP contribution in [0, 0.1) is 17.8 Å². The van der Waals surface area contributed by atoms with Crippen molar-refractivity contribution in [2.75, 3.05) is 0 Å². The Morgan fingerprint density at radius 2 is 1.93 bits per heavy atom. The average Bonchev–Trinajstić information content (AvgIpc) is 3.09. The van der Waals surface area contributed by atoms with Gasteiger partial charge in [0.05, 0.1) is 0 Å². The van der Waals surface area contributed by atoms with E-state index < -0.39 is 0 Å². The van der Waals surface area contributed by atoms with Gasteiger partial charge in [-0.25, -0.2) is 0 Å². The molecule has 0 nitrogen and oxygen atoms in total. The third kappa shape index (κ3) is 3.44. The molecule has 1 fully saturated rings. The minimum atomic E-state index is 0.699. The highest BCUT2D eigenvalue weighted by Gasteiger charge is 2.17. The summed E-state index contributed by atoms with van der Waals surface area (Å²) in [7, 11) is 0. The number of benzene rings is 1. The highest BCUT2D eigenvalue weighted by atomic mass is 14.2. The van der Waals surface area contributed by atoms with Gasteiger partial charge in [0.1, 0.15) is 0 Å². The van der Waals surface area contributed by atoms with Crippen molar-refractivity contribution in [1.82, 2.24) is 0 Å². The molecular formula is C15H18. The van der Waals surface area contributed by atoms with E-state index in [1.807, 2.05) is 0 Å². The molecule has 15 heavy (non-hydrogen) atoms. The van der Waals surface area contributed by atoms with Gasteiger partial charge < -0.3 is 0 Å². The fraction of sp³-hybridized carbons (Fsp3) is 0.467. The van der Waals surface area contributed by atoms with Crippen LogP contribution in [0.25, 0.3) is 0 Å². The summed E-state index contributed by atoms with van der Waals surface area (Å²) in [6, 6.07) is 8.74. The molecule has 0 saturated heterocycles. The Morgan fingerprint density at radius 1 is 1.20 bits per heavy atom. The second kappa shape index (κ2) is 5.03. The van der Waals surface area contributed by atoms with E-state index in [9.17, 15) is 0 Å². The third-order valence-electron chi connectivity index (χ3n) is 2.77. The second-order valence-corrected chi connectivity index (χ2v) is 4.34. The van der Waals surface area contributed by atoms with E-state index in [4.69, 9.17) is 0 Å². The van der Waals surface area contributed by atoms with E-state index >= 15 is 0 Å². The van der Waals surface area contributed by atoms with E-state index in [0.29, 0.717) is 5.92 Å². The lowest BCUT2D eigenvalue weighted by Crippen LogP contribution is -1.84. The molecule has 1 aliphatic rings. The highest BCUT2D eigenvalue weighted by molar-refractivity contribution is 5.37. The summed E-state index contributed by atoms with van der Waals surface area (Å²) in [5, 5.41) is 0. The van der Waals surface area contributed by atoms with Crippen molar-refractivity contribution in [1.29, 1.82) is 0 Å². The Labute approximate surface area is 92.7 Å². The molecule has 1 aliphatic carbocycles. The zero-order valence-corrected chi connectivity index (χ0v) is 9.42. The van der Waals surface area contributed by atoms with E-state index in [0.717, 1.165) is 0 Å². The number of hydrogen-bond acceptors (Lipinski definition) is 0. The molecule has 0 bridgehead atoms. The van der Waals surface area contributed by atoms with E-state index in [2.05, 4.69) is 43.0 Å². The van der Waals surface area contributed by atoms with Gasteiger partial charge in [-0.3, -0.25) is 0 Å². The molecule has 0 radical (unpaired) electrons. The first-order chi connectivity index (χ1) is 7.38. The maximum Gasteiger partial charge on any atom is 0.0245 e. The van der Waals surface area contributed by atoms with Crippen LogP contribution >= 0.6 is 0 Å². The van der Waals surface area contributed by atoms with Crippen LogP contribution in [0.3, 0.4) is 0 Å². The molecule has 2 rings (SSSR count). The zero-order chi connectivity index (χ0) is 10.5. The molecule has 0 amide bonds. The maximum atomic E-state index is 3.29. The Hall–Kier alpha value is -1.22. The smallest absolute Gasteiger partial charge is 0.0245 e. The van der Waals surface area contributed by atoms with Gasteiger partial charge in [-0.1, -0.05) is 37.3 Å². The summed E-state index contributed by atoms with van der Waals surface area (Å²) in [6.45, 7) is 2.23. The Morgan fingerprint density at radius 3 is 2.53 bits per heavy atom. The predicted molar refractivity (Wildman–Crippen MR) is 64.7 cm³/mol. The van der Waals surface area contributed by atoms with Crippen LogP contribution in [-0.2, 0) is 6.42 Å². The normalized spacial score (nSPS) is 14.5. The van der Waals surface area contributed by atoms with Crippen molar-refractivity contribution < 1.29 is 0 Å². The van der Waals surface area contributed by atoms with Gasteiger partial charge in [-0.2, -0.15) is 0 Å². The summed E-state index contributed by atoms with van der Waals surface area (Å²) in [5.41, 5.74) is 2.61. The first-order valence-corrected chi connectivity index (χ1v) is 5.99. The number of rotatable bonds is 3. The second-order valence-electron chi connectivity index (χ2n) is 4.34. The molecule has 0 N–H and O–H groups in total. The van der Waals surface area contributed by atoms with E-state index in [1.165, 1.54) is 43.2 Å². The van der Waals surface area contributed by atoms with Gasteiger partial charge in [-0.15, -0.1) is 0 Å². The molecule has 1 saturated carbocycles. The van der Waals surface area contributed by atoms with Crippen molar-refractivity contribution in [3.05, 3.63) is 35.4 Å². The average molecular weight is 198 g/mol. The SMILES string of the molecule is CCCCc1ccc(C#CC2CC2)cc1. The van der Waals surface area contributed by atoms with Gasteiger partial charge in [0.25, 0.3) is 0 Å². The van der Waals surface area contributed by atoms with Gasteiger partial charge in [0.15, 0.2) is 0 Å². The first kappa shape index (κ1) is 10.3. The van der Waals surface area contributed by atoms with Crippen LogP contribution in [0.15, 0.2) is 24.3 Å². The lowest BCUT2D eigenvalue weighted by molar-refractivity contribution is 0.795. The molecule has 78 valence electrons. The monoisotopic (exact) mass is 198 g/mol.